The number of alkyl carbamates (subject to hydrolysis) is 1. The molecule has 0 saturated carbocycles. The summed E-state index contributed by atoms with van der Waals surface area (Å²) in [4.78, 5) is 38.2. The summed E-state index contributed by atoms with van der Waals surface area (Å²) in [5.74, 6) is -0.214. The van der Waals surface area contributed by atoms with E-state index in [0.717, 1.165) is 11.3 Å². The minimum absolute atomic E-state index is 0.0888. The van der Waals surface area contributed by atoms with Crippen LogP contribution in [0.1, 0.15) is 88.1 Å². The lowest BCUT2D eigenvalue weighted by atomic mass is 9.97. The summed E-state index contributed by atoms with van der Waals surface area (Å²) in [7, 11) is -2.10. The van der Waals surface area contributed by atoms with Crippen molar-refractivity contribution < 1.29 is 28.3 Å². The minimum atomic E-state index is -2.10. The molecule has 0 aliphatic heterocycles. The number of carbonyl (C=O) groups is 3. The molecule has 8 nitrogen and oxygen atoms in total. The van der Waals surface area contributed by atoms with Crippen LogP contribution in [0.4, 0.5) is 4.79 Å². The predicted octanol–water partition coefficient (Wildman–Crippen LogP) is 7.49. The van der Waals surface area contributed by atoms with Gasteiger partial charge in [0.05, 0.1) is 6.04 Å². The molecule has 0 radical (unpaired) electrons. The van der Waals surface area contributed by atoms with Crippen LogP contribution in [-0.4, -0.2) is 50.6 Å². The Morgan fingerprint density at radius 1 is 0.930 bits per heavy atom. The molecule has 2 N–H and O–H groups in total. The number of benzene rings is 1. The first kappa shape index (κ1) is 38.0. The standard InChI is InChI=1S/C34H56N2O6Si/c1-13-21-40-30(37)20-17-28(35-32(38)31(26(9)14-2)36-33(39)41-34(10,11)12)22-27-15-18-29(19-16-27)42-43(23(3)4,24(5)6)25(7)8/h13,15-20,23-26,28,31H,1,14,21-22H2,2-12H3,(H,35,38)(H,36,39)/b20-17+/t26-,28-,31-/m1/s1. The Labute approximate surface area is 261 Å². The highest BCUT2D eigenvalue weighted by molar-refractivity contribution is 6.78. The van der Waals surface area contributed by atoms with Crippen LogP contribution in [0.3, 0.4) is 0 Å². The first-order valence-electron chi connectivity index (χ1n) is 15.5. The fourth-order valence-corrected chi connectivity index (χ4v) is 10.7. The summed E-state index contributed by atoms with van der Waals surface area (Å²) >= 11 is 0. The van der Waals surface area contributed by atoms with Gasteiger partial charge in [-0.25, -0.2) is 9.59 Å². The van der Waals surface area contributed by atoms with Crippen molar-refractivity contribution in [3.8, 4) is 5.75 Å². The summed E-state index contributed by atoms with van der Waals surface area (Å²) < 4.78 is 17.3. The normalized spacial score (nSPS) is 14.4. The van der Waals surface area contributed by atoms with Crippen LogP contribution in [0, 0.1) is 5.92 Å². The van der Waals surface area contributed by atoms with Crippen LogP contribution in [0.5, 0.6) is 5.75 Å². The van der Waals surface area contributed by atoms with Crippen molar-refractivity contribution in [1.82, 2.24) is 10.6 Å². The molecule has 0 spiro atoms. The first-order chi connectivity index (χ1) is 20.0. The Balaban J connectivity index is 3.25. The lowest BCUT2D eigenvalue weighted by Crippen LogP contribution is -2.53. The minimum Gasteiger partial charge on any atom is -0.543 e. The van der Waals surface area contributed by atoms with E-state index >= 15 is 0 Å². The number of ether oxygens (including phenoxy) is 2. The van der Waals surface area contributed by atoms with Crippen molar-refractivity contribution in [3.63, 3.8) is 0 Å². The average molecular weight is 617 g/mol. The van der Waals surface area contributed by atoms with Gasteiger partial charge >= 0.3 is 12.1 Å². The molecule has 0 aliphatic carbocycles. The van der Waals surface area contributed by atoms with E-state index in [0.29, 0.717) is 29.5 Å². The van der Waals surface area contributed by atoms with Gasteiger partial charge in [0.25, 0.3) is 8.32 Å². The number of hydrogen-bond acceptors (Lipinski definition) is 6. The Hall–Kier alpha value is -3.07. The second-order valence-electron chi connectivity index (χ2n) is 13.2. The summed E-state index contributed by atoms with van der Waals surface area (Å²) in [6.07, 6.45) is 4.83. The molecule has 0 saturated heterocycles. The highest BCUT2D eigenvalue weighted by atomic mass is 28.4. The molecule has 3 atom stereocenters. The van der Waals surface area contributed by atoms with Crippen LogP contribution >= 0.6 is 0 Å². The van der Waals surface area contributed by atoms with Gasteiger partial charge in [-0.05, 0) is 67.4 Å². The molecule has 0 aromatic heterocycles. The van der Waals surface area contributed by atoms with E-state index in [1.807, 2.05) is 38.1 Å². The van der Waals surface area contributed by atoms with Gasteiger partial charge in [0, 0.05) is 6.08 Å². The summed E-state index contributed by atoms with van der Waals surface area (Å²) in [5, 5.41) is 5.74. The van der Waals surface area contributed by atoms with Gasteiger partial charge in [-0.2, -0.15) is 0 Å². The maximum absolute atomic E-state index is 13.5. The molecule has 9 heteroatoms. The first-order valence-corrected chi connectivity index (χ1v) is 17.6. The third kappa shape index (κ3) is 12.2. The maximum atomic E-state index is 13.5. The van der Waals surface area contributed by atoms with Gasteiger partial charge in [-0.1, -0.05) is 92.7 Å². The number of carbonyl (C=O) groups excluding carboxylic acids is 3. The van der Waals surface area contributed by atoms with Crippen molar-refractivity contribution >= 4 is 26.3 Å². The van der Waals surface area contributed by atoms with Gasteiger partial charge in [-0.3, -0.25) is 4.79 Å². The zero-order chi connectivity index (χ0) is 33.0. The fourth-order valence-electron chi connectivity index (χ4n) is 5.47. The zero-order valence-electron chi connectivity index (χ0n) is 28.3. The number of rotatable bonds is 16. The topological polar surface area (TPSA) is 103 Å². The number of hydrogen-bond donors (Lipinski definition) is 2. The summed E-state index contributed by atoms with van der Waals surface area (Å²) in [6.45, 7) is 26.3. The molecule has 43 heavy (non-hydrogen) atoms. The van der Waals surface area contributed by atoms with E-state index in [1.54, 1.807) is 26.8 Å². The molecule has 2 amide bonds. The Bertz CT molecular complexity index is 1050. The van der Waals surface area contributed by atoms with Crippen molar-refractivity contribution in [3.05, 3.63) is 54.6 Å². The third-order valence-corrected chi connectivity index (χ3v) is 13.7. The smallest absolute Gasteiger partial charge is 0.408 e. The molecular formula is C34H56N2O6Si. The van der Waals surface area contributed by atoms with E-state index in [4.69, 9.17) is 13.9 Å². The van der Waals surface area contributed by atoms with Gasteiger partial charge in [0.1, 0.15) is 24.0 Å². The quantitative estimate of drug-likeness (QED) is 0.0863. The van der Waals surface area contributed by atoms with Crippen LogP contribution in [0.25, 0.3) is 0 Å². The number of nitrogens with one attached hydrogen (secondary N) is 2. The Kier molecular flexibility index (Phi) is 15.3. The van der Waals surface area contributed by atoms with E-state index in [1.165, 1.54) is 12.2 Å². The van der Waals surface area contributed by atoms with Crippen LogP contribution in [0.2, 0.25) is 16.6 Å². The highest BCUT2D eigenvalue weighted by Crippen LogP contribution is 2.42. The van der Waals surface area contributed by atoms with E-state index in [-0.39, 0.29) is 18.4 Å². The molecule has 0 heterocycles. The monoisotopic (exact) mass is 616 g/mol. The largest absolute Gasteiger partial charge is 0.543 e. The molecule has 0 unspecified atom stereocenters. The summed E-state index contributed by atoms with van der Waals surface area (Å²) in [6, 6.07) is 6.58. The van der Waals surface area contributed by atoms with E-state index < -0.39 is 38.1 Å². The summed E-state index contributed by atoms with van der Waals surface area (Å²) in [5.41, 5.74) is 1.60. The van der Waals surface area contributed by atoms with Crippen LogP contribution < -0.4 is 15.1 Å². The fraction of sp³-hybridized carbons (Fsp3) is 0.618. The second kappa shape index (κ2) is 17.3. The predicted molar refractivity (Wildman–Crippen MR) is 177 cm³/mol. The van der Waals surface area contributed by atoms with Gasteiger partial charge in [0.15, 0.2) is 0 Å². The molecule has 1 rings (SSSR count). The molecule has 0 aliphatic rings. The molecule has 1 aromatic rings. The third-order valence-electron chi connectivity index (χ3n) is 7.68. The molecular weight excluding hydrogens is 560 g/mol. The SMILES string of the molecule is C=CCOC(=O)/C=C/[C@H](Cc1ccc(O[Si](C(C)C)(C(C)C)C(C)C)cc1)NC(=O)[C@H](NC(=O)OC(C)(C)C)[C@H](C)CC. The molecule has 0 fully saturated rings. The van der Waals surface area contributed by atoms with Crippen LogP contribution in [0.15, 0.2) is 49.1 Å². The average Bonchev–Trinajstić information content (AvgIpc) is 2.90. The van der Waals surface area contributed by atoms with E-state index in [2.05, 4.69) is 58.8 Å². The van der Waals surface area contributed by atoms with Crippen molar-refractivity contribution in [2.75, 3.05) is 6.61 Å². The molecule has 0 bridgehead atoms. The zero-order valence-corrected chi connectivity index (χ0v) is 29.3. The van der Waals surface area contributed by atoms with Crippen molar-refractivity contribution in [2.45, 2.75) is 123 Å². The van der Waals surface area contributed by atoms with E-state index in [9.17, 15) is 14.4 Å². The van der Waals surface area contributed by atoms with Gasteiger partial charge in [0.2, 0.25) is 5.91 Å². The van der Waals surface area contributed by atoms with Crippen LogP contribution in [-0.2, 0) is 25.5 Å². The lowest BCUT2D eigenvalue weighted by molar-refractivity contribution is -0.136. The van der Waals surface area contributed by atoms with Gasteiger partial charge in [-0.15, -0.1) is 0 Å². The maximum Gasteiger partial charge on any atom is 0.408 e. The number of esters is 1. The van der Waals surface area contributed by atoms with Crippen molar-refractivity contribution in [1.29, 1.82) is 0 Å². The Morgan fingerprint density at radius 2 is 1.49 bits per heavy atom. The second-order valence-corrected chi connectivity index (χ2v) is 18.5. The number of amides is 2. The highest BCUT2D eigenvalue weighted by Gasteiger charge is 2.47. The molecule has 242 valence electrons. The lowest BCUT2D eigenvalue weighted by Gasteiger charge is -2.42. The van der Waals surface area contributed by atoms with Crippen molar-refractivity contribution in [2.24, 2.45) is 5.92 Å². The van der Waals surface area contributed by atoms with Gasteiger partial charge < -0.3 is 24.5 Å². The molecule has 1 aromatic carbocycles. The Morgan fingerprint density at radius 3 is 1.95 bits per heavy atom.